The molecule has 5 atom stereocenters. The van der Waals surface area contributed by atoms with Gasteiger partial charge in [0.25, 0.3) is 5.56 Å². The van der Waals surface area contributed by atoms with E-state index in [1.54, 1.807) is 2.90 Å². The molecule has 15 nitrogen and oxygen atoms in total. The minimum atomic E-state index is -2.07. The molecule has 0 amide bonds. The van der Waals surface area contributed by atoms with Crippen molar-refractivity contribution >= 4 is 31.4 Å². The summed E-state index contributed by atoms with van der Waals surface area (Å²) in [6.45, 7) is 13.5. The smallest absolute Gasteiger partial charge is 0.336 e. The Bertz CT molecular complexity index is 1380. The van der Waals surface area contributed by atoms with E-state index >= 15 is 0 Å². The molecule has 0 aliphatic carbocycles. The molecule has 0 spiro atoms. The van der Waals surface area contributed by atoms with Gasteiger partial charge in [-0.1, -0.05) is 5.21 Å². The highest BCUT2D eigenvalue weighted by Gasteiger charge is 2.66. The summed E-state index contributed by atoms with van der Waals surface area (Å²) in [5.74, 6) is 0. The summed E-state index contributed by atoms with van der Waals surface area (Å²) in [6.07, 6.45) is 1.70. The van der Waals surface area contributed by atoms with E-state index in [0.29, 0.717) is 13.2 Å². The number of nitrogens with zero attached hydrogens (tertiary/aromatic N) is 8. The van der Waals surface area contributed by atoms with Crippen LogP contribution in [0.25, 0.3) is 0 Å². The molecule has 3 aliphatic rings. The summed E-state index contributed by atoms with van der Waals surface area (Å²) >= 11 is 2.09. The van der Waals surface area contributed by atoms with Crippen LogP contribution in [0, 0.1) is 11.3 Å². The van der Waals surface area contributed by atoms with Crippen LogP contribution in [-0.2, 0) is 25.1 Å². The van der Waals surface area contributed by atoms with E-state index in [1.807, 2.05) is 6.20 Å². The molecule has 2 bridgehead atoms. The van der Waals surface area contributed by atoms with Crippen molar-refractivity contribution < 1.29 is 18.5 Å². The Hall–Kier alpha value is -1.81. The molecule has 5 rings (SSSR count). The molecule has 2 aromatic heterocycles. The Labute approximate surface area is 265 Å². The molecular formula is C26H40IN9O6P+. The Balaban J connectivity index is 1.38. The van der Waals surface area contributed by atoms with Crippen LogP contribution >= 0.6 is 31.4 Å². The second-order valence-corrected chi connectivity index (χ2v) is 14.2. The predicted octanol–water partition coefficient (Wildman–Crippen LogP) is 1.20. The van der Waals surface area contributed by atoms with Crippen molar-refractivity contribution in [3.63, 3.8) is 0 Å². The molecule has 17 heteroatoms. The molecule has 3 saturated heterocycles. The lowest BCUT2D eigenvalue weighted by Crippen LogP contribution is -2.56. The molecule has 3 unspecified atom stereocenters. The molecule has 0 aromatic carbocycles. The summed E-state index contributed by atoms with van der Waals surface area (Å²) in [6, 6.07) is 3.71. The number of H-pyrrole nitrogens is 1. The summed E-state index contributed by atoms with van der Waals surface area (Å²) in [5.41, 5.74) is -0.985. The Kier molecular flexibility index (Phi) is 10.7. The van der Waals surface area contributed by atoms with Gasteiger partial charge in [-0.15, -0.1) is 9.77 Å². The van der Waals surface area contributed by atoms with Crippen molar-refractivity contribution in [2.45, 2.75) is 76.8 Å². The fraction of sp³-hybridized carbons (Fsp3) is 0.731. The Morgan fingerprint density at radius 1 is 1.23 bits per heavy atom. The number of hydrogen-bond acceptors (Lipinski definition) is 12. The summed E-state index contributed by atoms with van der Waals surface area (Å²) in [7, 11) is -2.07. The van der Waals surface area contributed by atoms with Gasteiger partial charge < -0.3 is 9.47 Å². The van der Waals surface area contributed by atoms with Crippen LogP contribution in [0.15, 0.2) is 28.0 Å². The van der Waals surface area contributed by atoms with Crippen LogP contribution in [0.5, 0.6) is 0 Å². The predicted molar refractivity (Wildman–Crippen MR) is 167 cm³/mol. The maximum Gasteiger partial charge on any atom is 0.336 e. The molecule has 0 radical (unpaired) electrons. The van der Waals surface area contributed by atoms with Crippen LogP contribution in [0.1, 0.15) is 46.0 Å². The summed E-state index contributed by atoms with van der Waals surface area (Å²) in [5, 5.41) is 17.4. The van der Waals surface area contributed by atoms with Crippen molar-refractivity contribution in [3.05, 3.63) is 45.0 Å². The van der Waals surface area contributed by atoms with E-state index in [4.69, 9.17) is 23.8 Å². The third kappa shape index (κ3) is 7.37. The topological polar surface area (TPSA) is 156 Å². The van der Waals surface area contributed by atoms with Gasteiger partial charge in [0.2, 0.25) is 0 Å². The zero-order chi connectivity index (χ0) is 30.7. The second kappa shape index (κ2) is 14.1. The van der Waals surface area contributed by atoms with Gasteiger partial charge in [-0.05, 0) is 27.7 Å². The number of aromatic nitrogens is 5. The van der Waals surface area contributed by atoms with Crippen LogP contribution in [0.4, 0.5) is 0 Å². The number of piperazine rings is 1. The summed E-state index contributed by atoms with van der Waals surface area (Å²) in [4.78, 5) is 31.6. The molecule has 3 aliphatic heterocycles. The molecule has 5 heterocycles. The average Bonchev–Trinajstić information content (AvgIpc) is 3.60. The maximum absolute atomic E-state index is 12.8. The standard InChI is InChI=1S/C26H39IN9O6P/c1-18(2)36(19(3)4)43(40-13-5-7-28)42-23-22-24(34-8-6-21(37)29-25(34)38)41-26(23,17-39-22)16-33-11-9-32(10-12-33)14-20-15-35(27)31-30-20/h6,8,15,18-19,22-24H,5,9-14,16-17H2,1-4H3,(H,29,37,38)/p+1/t22?,23?,24-,26+,43?/m1/s1. The Morgan fingerprint density at radius 3 is 2.58 bits per heavy atom. The first-order valence-corrected chi connectivity index (χ1v) is 16.8. The zero-order valence-corrected chi connectivity index (χ0v) is 28.0. The lowest BCUT2D eigenvalue weighted by atomic mass is 9.98. The largest absolute Gasteiger partial charge is 0.367 e. The zero-order valence-electron chi connectivity index (χ0n) is 24.9. The van der Waals surface area contributed by atoms with E-state index in [9.17, 15) is 9.59 Å². The van der Waals surface area contributed by atoms with E-state index in [-0.39, 0.29) is 25.1 Å². The minimum absolute atomic E-state index is 0.132. The molecule has 0 saturated carbocycles. The number of fused-ring (bicyclic) bond motifs is 2. The third-order valence-electron chi connectivity index (χ3n) is 7.95. The number of nitriles is 1. The monoisotopic (exact) mass is 732 g/mol. The van der Waals surface area contributed by atoms with Crippen LogP contribution in [0.3, 0.4) is 0 Å². The van der Waals surface area contributed by atoms with Gasteiger partial charge in [-0.25, -0.2) is 4.79 Å². The van der Waals surface area contributed by atoms with Gasteiger partial charge in [0.15, 0.2) is 12.3 Å². The van der Waals surface area contributed by atoms with Gasteiger partial charge in [0.1, 0.15) is 18.3 Å². The molecular weight excluding hydrogens is 692 g/mol. The van der Waals surface area contributed by atoms with Gasteiger partial charge >= 0.3 is 14.2 Å². The van der Waals surface area contributed by atoms with Crippen molar-refractivity contribution in [2.24, 2.45) is 0 Å². The average molecular weight is 733 g/mol. The highest BCUT2D eigenvalue weighted by molar-refractivity contribution is 14.1. The lowest BCUT2D eigenvalue weighted by molar-refractivity contribution is -0.182. The fourth-order valence-electron chi connectivity index (χ4n) is 6.08. The first-order chi connectivity index (χ1) is 20.6. The molecule has 1 N–H and O–H groups in total. The van der Waals surface area contributed by atoms with Crippen molar-refractivity contribution in [1.82, 2.24) is 37.2 Å². The number of hydrogen-bond donors (Lipinski definition) is 1. The number of rotatable bonds is 13. The maximum atomic E-state index is 12.8. The minimum Gasteiger partial charge on any atom is -0.367 e. The van der Waals surface area contributed by atoms with E-state index in [0.717, 1.165) is 38.4 Å². The second-order valence-electron chi connectivity index (χ2n) is 11.7. The normalized spacial score (nSPS) is 27.0. The van der Waals surface area contributed by atoms with Gasteiger partial charge in [-0.2, -0.15) is 17.2 Å². The van der Waals surface area contributed by atoms with Gasteiger partial charge in [0, 0.05) is 63.6 Å². The number of nitrogens with one attached hydrogen (secondary N) is 1. The van der Waals surface area contributed by atoms with Crippen molar-refractivity contribution in [3.8, 4) is 6.07 Å². The highest BCUT2D eigenvalue weighted by Crippen LogP contribution is 2.55. The quantitative estimate of drug-likeness (QED) is 0.179. The van der Waals surface area contributed by atoms with Crippen molar-refractivity contribution in [1.29, 1.82) is 5.26 Å². The Morgan fingerprint density at radius 2 is 1.95 bits per heavy atom. The molecule has 236 valence electrons. The van der Waals surface area contributed by atoms with Gasteiger partial charge in [-0.3, -0.25) is 24.1 Å². The third-order valence-corrected chi connectivity index (χ3v) is 10.8. The lowest BCUT2D eigenvalue weighted by Gasteiger charge is -2.40. The number of aromatic amines is 1. The van der Waals surface area contributed by atoms with Gasteiger partial charge in [0.05, 0.1) is 53.9 Å². The van der Waals surface area contributed by atoms with E-state index in [1.165, 1.54) is 16.8 Å². The van der Waals surface area contributed by atoms with Crippen molar-refractivity contribution in [2.75, 3.05) is 45.9 Å². The SMILES string of the molecule is CC(C)N(C(C)C)[PH+](OCCC#N)OC1C2OC[C@]1(CN1CCN(Cc3cn(I)nn3)CC1)O[C@H]2n1ccc(=O)[nH]c1=O. The van der Waals surface area contributed by atoms with E-state index < -0.39 is 43.8 Å². The first-order valence-electron chi connectivity index (χ1n) is 14.5. The molecule has 43 heavy (non-hydrogen) atoms. The fourth-order valence-corrected chi connectivity index (χ4v) is 8.52. The van der Waals surface area contributed by atoms with E-state index in [2.05, 4.69) is 86.4 Å². The molecule has 3 fully saturated rings. The first kappa shape index (κ1) is 32.6. The van der Waals surface area contributed by atoms with Crippen LogP contribution in [0.2, 0.25) is 0 Å². The van der Waals surface area contributed by atoms with Crippen LogP contribution in [-0.4, -0.2) is 113 Å². The molecule has 2 aromatic rings. The highest BCUT2D eigenvalue weighted by atomic mass is 127. The number of halogens is 1. The number of ether oxygens (including phenoxy) is 2. The van der Waals surface area contributed by atoms with Crippen LogP contribution < -0.4 is 11.2 Å². The summed E-state index contributed by atoms with van der Waals surface area (Å²) < 4.78 is 31.5.